The molecule has 0 radical (unpaired) electrons. The first-order valence-corrected chi connectivity index (χ1v) is 15.0. The first-order chi connectivity index (χ1) is 22.3. The number of pyridine rings is 1. The Morgan fingerprint density at radius 1 is 0.622 bits per heavy atom. The molecule has 5 aromatic heterocycles. The van der Waals surface area contributed by atoms with Crippen molar-refractivity contribution < 1.29 is 4.42 Å². The number of hydrogen-bond donors (Lipinski definition) is 1. The highest BCUT2D eigenvalue weighted by molar-refractivity contribution is 6.15. The molecule has 210 valence electrons. The van der Waals surface area contributed by atoms with Gasteiger partial charge in [-0.15, -0.1) is 0 Å². The summed E-state index contributed by atoms with van der Waals surface area (Å²) < 4.78 is 8.69. The second kappa shape index (κ2) is 9.11. The van der Waals surface area contributed by atoms with Crippen molar-refractivity contribution in [3.8, 4) is 28.3 Å². The van der Waals surface area contributed by atoms with Gasteiger partial charge in [-0.05, 0) is 48.5 Å². The van der Waals surface area contributed by atoms with E-state index in [-0.39, 0.29) is 0 Å². The number of H-pyrrole nitrogens is 1. The highest BCUT2D eigenvalue weighted by Gasteiger charge is 2.21. The SMILES string of the molecule is c1cc(-c2nc(-c3cccc4c3[nH]c3ccccc34)c3oc4ccccc4c3n2)cc(-n2c3ccccc3c3cccnc32)c1. The molecular weight excluding hydrogens is 554 g/mol. The molecular formula is C39H23N5O. The van der Waals surface area contributed by atoms with Gasteiger partial charge in [-0.1, -0.05) is 78.9 Å². The van der Waals surface area contributed by atoms with E-state index in [1.54, 1.807) is 0 Å². The number of nitrogens with zero attached hydrogens (tertiary/aromatic N) is 4. The van der Waals surface area contributed by atoms with E-state index in [1.165, 1.54) is 10.8 Å². The summed E-state index contributed by atoms with van der Waals surface area (Å²) >= 11 is 0. The maximum atomic E-state index is 6.48. The lowest BCUT2D eigenvalue weighted by Gasteiger charge is -2.10. The highest BCUT2D eigenvalue weighted by Crippen LogP contribution is 2.40. The predicted molar refractivity (Wildman–Crippen MR) is 182 cm³/mol. The van der Waals surface area contributed by atoms with Crippen LogP contribution in [0.25, 0.3) is 94.1 Å². The number of furan rings is 1. The summed E-state index contributed by atoms with van der Waals surface area (Å²) in [5.74, 6) is 0.632. The molecule has 0 saturated carbocycles. The third-order valence-corrected chi connectivity index (χ3v) is 8.81. The van der Waals surface area contributed by atoms with Crippen molar-refractivity contribution in [1.82, 2.24) is 24.5 Å². The van der Waals surface area contributed by atoms with Crippen LogP contribution in [-0.4, -0.2) is 24.5 Å². The Balaban J connectivity index is 1.25. The van der Waals surface area contributed by atoms with Crippen molar-refractivity contribution in [3.05, 3.63) is 134 Å². The fraction of sp³-hybridized carbons (Fsp3) is 0. The van der Waals surface area contributed by atoms with Crippen LogP contribution in [0.1, 0.15) is 0 Å². The summed E-state index contributed by atoms with van der Waals surface area (Å²) in [6.07, 6.45) is 1.85. The van der Waals surface area contributed by atoms with Crippen molar-refractivity contribution in [3.63, 3.8) is 0 Å². The smallest absolute Gasteiger partial charge is 0.180 e. The number of aromatic amines is 1. The fourth-order valence-electron chi connectivity index (χ4n) is 6.81. The average Bonchev–Trinajstić information content (AvgIpc) is 3.78. The summed E-state index contributed by atoms with van der Waals surface area (Å²) in [5.41, 5.74) is 10.0. The molecule has 0 unspecified atom stereocenters. The number of para-hydroxylation sites is 4. The van der Waals surface area contributed by atoms with Crippen LogP contribution in [0.5, 0.6) is 0 Å². The minimum Gasteiger partial charge on any atom is -0.452 e. The molecule has 0 aliphatic rings. The van der Waals surface area contributed by atoms with E-state index in [0.29, 0.717) is 11.4 Å². The molecule has 0 spiro atoms. The van der Waals surface area contributed by atoms with Crippen LogP contribution in [0.3, 0.4) is 0 Å². The van der Waals surface area contributed by atoms with Gasteiger partial charge in [0.25, 0.3) is 0 Å². The average molecular weight is 578 g/mol. The highest BCUT2D eigenvalue weighted by atomic mass is 16.3. The van der Waals surface area contributed by atoms with Gasteiger partial charge in [-0.25, -0.2) is 15.0 Å². The maximum absolute atomic E-state index is 6.48. The third-order valence-electron chi connectivity index (χ3n) is 8.81. The monoisotopic (exact) mass is 577 g/mol. The molecule has 6 heteroatoms. The molecule has 10 aromatic rings. The quantitative estimate of drug-likeness (QED) is 0.227. The number of nitrogens with one attached hydrogen (secondary N) is 1. The van der Waals surface area contributed by atoms with Crippen LogP contribution in [-0.2, 0) is 0 Å². The lowest BCUT2D eigenvalue weighted by atomic mass is 10.0. The topological polar surface area (TPSA) is 72.5 Å². The number of fused-ring (bicyclic) bond motifs is 9. The second-order valence-corrected chi connectivity index (χ2v) is 11.3. The van der Waals surface area contributed by atoms with Gasteiger partial charge in [0.1, 0.15) is 22.4 Å². The minimum absolute atomic E-state index is 0.632. The van der Waals surface area contributed by atoms with Crippen molar-refractivity contribution in [1.29, 1.82) is 0 Å². The third kappa shape index (κ3) is 3.48. The standard InChI is InChI=1S/C39H23N5O/c1-4-18-31-25(12-1)27-15-8-16-30(34(27)41-31)36-37-35(29-14-3-6-20-33(29)45-37)42-38(43-36)23-10-7-11-24(22-23)44-32-19-5-2-13-26(32)28-17-9-21-40-39(28)44/h1-22,41H. The van der Waals surface area contributed by atoms with Crippen molar-refractivity contribution in [2.45, 2.75) is 0 Å². The van der Waals surface area contributed by atoms with E-state index in [4.69, 9.17) is 19.4 Å². The van der Waals surface area contributed by atoms with Gasteiger partial charge in [0.15, 0.2) is 11.4 Å². The molecule has 10 rings (SSSR count). The van der Waals surface area contributed by atoms with Gasteiger partial charge in [-0.3, -0.25) is 4.57 Å². The fourth-order valence-corrected chi connectivity index (χ4v) is 6.81. The second-order valence-electron chi connectivity index (χ2n) is 11.3. The molecule has 1 N–H and O–H groups in total. The predicted octanol–water partition coefficient (Wildman–Crippen LogP) is 9.84. The number of benzene rings is 5. The number of rotatable bonds is 3. The molecule has 5 heterocycles. The van der Waals surface area contributed by atoms with Crippen LogP contribution in [0.15, 0.2) is 138 Å². The molecule has 0 aliphatic heterocycles. The van der Waals surface area contributed by atoms with Crippen LogP contribution in [0.2, 0.25) is 0 Å². The summed E-state index contributed by atoms with van der Waals surface area (Å²) in [7, 11) is 0. The zero-order valence-electron chi connectivity index (χ0n) is 23.9. The first-order valence-electron chi connectivity index (χ1n) is 15.0. The number of hydrogen-bond acceptors (Lipinski definition) is 4. The first kappa shape index (κ1) is 24.2. The van der Waals surface area contributed by atoms with E-state index in [9.17, 15) is 0 Å². The van der Waals surface area contributed by atoms with E-state index in [2.05, 4.69) is 113 Å². The maximum Gasteiger partial charge on any atom is 0.180 e. The molecule has 0 atom stereocenters. The molecule has 0 fully saturated rings. The van der Waals surface area contributed by atoms with Gasteiger partial charge < -0.3 is 9.40 Å². The van der Waals surface area contributed by atoms with Crippen molar-refractivity contribution in [2.75, 3.05) is 0 Å². The van der Waals surface area contributed by atoms with Gasteiger partial charge in [0, 0.05) is 55.5 Å². The van der Waals surface area contributed by atoms with Gasteiger partial charge in [-0.2, -0.15) is 0 Å². The van der Waals surface area contributed by atoms with Crippen LogP contribution >= 0.6 is 0 Å². The van der Waals surface area contributed by atoms with Gasteiger partial charge in [0.2, 0.25) is 0 Å². The summed E-state index contributed by atoms with van der Waals surface area (Å²) in [5, 5.41) is 5.58. The van der Waals surface area contributed by atoms with Crippen LogP contribution in [0.4, 0.5) is 0 Å². The van der Waals surface area contributed by atoms with Gasteiger partial charge in [0.05, 0.1) is 11.0 Å². The largest absolute Gasteiger partial charge is 0.452 e. The molecule has 0 aliphatic carbocycles. The summed E-state index contributed by atoms with van der Waals surface area (Å²) in [4.78, 5) is 18.8. The molecule has 45 heavy (non-hydrogen) atoms. The van der Waals surface area contributed by atoms with Crippen LogP contribution < -0.4 is 0 Å². The molecule has 0 saturated heterocycles. The van der Waals surface area contributed by atoms with E-state index >= 15 is 0 Å². The number of aromatic nitrogens is 5. The normalized spacial score (nSPS) is 12.0. The molecule has 0 amide bonds. The molecule has 5 aromatic carbocycles. The molecule has 0 bridgehead atoms. The molecule has 6 nitrogen and oxygen atoms in total. The van der Waals surface area contributed by atoms with E-state index < -0.39 is 0 Å². The van der Waals surface area contributed by atoms with Crippen molar-refractivity contribution in [2.24, 2.45) is 0 Å². The summed E-state index contributed by atoms with van der Waals surface area (Å²) in [6.45, 7) is 0. The zero-order valence-corrected chi connectivity index (χ0v) is 23.9. The Kier molecular flexibility index (Phi) is 4.90. The van der Waals surface area contributed by atoms with Crippen LogP contribution in [0, 0.1) is 0 Å². The Labute approximate surface area is 256 Å². The van der Waals surface area contributed by atoms with Gasteiger partial charge >= 0.3 is 0 Å². The zero-order chi connectivity index (χ0) is 29.5. The van der Waals surface area contributed by atoms with E-state index in [0.717, 1.165) is 72.0 Å². The lowest BCUT2D eigenvalue weighted by Crippen LogP contribution is -1.98. The van der Waals surface area contributed by atoms with Crippen molar-refractivity contribution >= 4 is 65.8 Å². The Hall–Kier alpha value is -6.27. The lowest BCUT2D eigenvalue weighted by molar-refractivity contribution is 0.667. The minimum atomic E-state index is 0.632. The van der Waals surface area contributed by atoms with E-state index in [1.807, 2.05) is 30.5 Å². The summed E-state index contributed by atoms with van der Waals surface area (Å²) in [6, 6.07) is 43.7. The Morgan fingerprint density at radius 2 is 1.40 bits per heavy atom. The Morgan fingerprint density at radius 3 is 2.36 bits per heavy atom. The Bertz CT molecular complexity index is 2730.